The second-order valence-corrected chi connectivity index (χ2v) is 4.51. The lowest BCUT2D eigenvalue weighted by Gasteiger charge is -2.27. The molecule has 0 rings (SSSR count). The molecule has 0 saturated heterocycles. The third kappa shape index (κ3) is 7.77. The topological polar surface area (TPSA) is 32.5 Å². The minimum Gasteiger partial charge on any atom is -0.329 e. The molecule has 3 nitrogen and oxygen atoms in total. The van der Waals surface area contributed by atoms with Gasteiger partial charge in [0.15, 0.2) is 0 Å². The third-order valence-corrected chi connectivity index (χ3v) is 2.70. The summed E-state index contributed by atoms with van der Waals surface area (Å²) in [6.07, 6.45) is 0. The van der Waals surface area contributed by atoms with Crippen LogP contribution >= 0.6 is 0 Å². The van der Waals surface area contributed by atoms with Crippen molar-refractivity contribution in [1.82, 2.24) is 9.80 Å². The molecule has 0 amide bonds. The van der Waals surface area contributed by atoms with Gasteiger partial charge in [-0.1, -0.05) is 27.7 Å². The van der Waals surface area contributed by atoms with Crippen molar-refractivity contribution < 1.29 is 0 Å². The van der Waals surface area contributed by atoms with Gasteiger partial charge in [-0.15, -0.1) is 0 Å². The van der Waals surface area contributed by atoms with Crippen molar-refractivity contribution in [2.24, 2.45) is 11.7 Å². The molecule has 0 spiro atoms. The predicted molar refractivity (Wildman–Crippen MR) is 68.1 cm³/mol. The SMILES string of the molecule is CCN(CC)CCN(CCN)CC(C)C. The van der Waals surface area contributed by atoms with Crippen molar-refractivity contribution in [1.29, 1.82) is 0 Å². The number of hydrogen-bond acceptors (Lipinski definition) is 3. The summed E-state index contributed by atoms with van der Waals surface area (Å²) in [7, 11) is 0. The smallest absolute Gasteiger partial charge is 0.0110 e. The van der Waals surface area contributed by atoms with E-state index in [1.165, 1.54) is 13.1 Å². The van der Waals surface area contributed by atoms with Gasteiger partial charge in [0.1, 0.15) is 0 Å². The molecule has 0 aromatic rings. The molecule has 0 heterocycles. The molecular formula is C12H29N3. The summed E-state index contributed by atoms with van der Waals surface area (Å²) in [5.74, 6) is 0.730. The lowest BCUT2D eigenvalue weighted by Crippen LogP contribution is -2.39. The second kappa shape index (κ2) is 9.13. The van der Waals surface area contributed by atoms with Crippen molar-refractivity contribution >= 4 is 0 Å². The minimum atomic E-state index is 0.730. The Bertz CT molecular complexity index is 133. The first-order chi connectivity index (χ1) is 7.13. The van der Waals surface area contributed by atoms with Crippen molar-refractivity contribution in [3.05, 3.63) is 0 Å². The summed E-state index contributed by atoms with van der Waals surface area (Å²) in [6.45, 7) is 16.5. The largest absolute Gasteiger partial charge is 0.329 e. The molecule has 3 heteroatoms. The highest BCUT2D eigenvalue weighted by Crippen LogP contribution is 1.98. The summed E-state index contributed by atoms with van der Waals surface area (Å²) in [5.41, 5.74) is 5.62. The molecule has 0 aliphatic carbocycles. The number of rotatable bonds is 9. The first kappa shape index (κ1) is 14.9. The van der Waals surface area contributed by atoms with Gasteiger partial charge in [-0.3, -0.25) is 0 Å². The molecule has 0 aliphatic rings. The molecular weight excluding hydrogens is 186 g/mol. The molecule has 0 aromatic carbocycles. The number of likely N-dealkylation sites (N-methyl/N-ethyl adjacent to an activating group) is 1. The highest BCUT2D eigenvalue weighted by Gasteiger charge is 2.07. The maximum atomic E-state index is 5.62. The molecule has 0 unspecified atom stereocenters. The fraction of sp³-hybridized carbons (Fsp3) is 1.00. The van der Waals surface area contributed by atoms with Gasteiger partial charge in [-0.25, -0.2) is 0 Å². The molecule has 0 saturated carbocycles. The quantitative estimate of drug-likeness (QED) is 0.628. The summed E-state index contributed by atoms with van der Waals surface area (Å²) in [4.78, 5) is 4.94. The number of hydrogen-bond donors (Lipinski definition) is 1. The highest BCUT2D eigenvalue weighted by molar-refractivity contribution is 4.63. The molecule has 0 radical (unpaired) electrons. The third-order valence-electron chi connectivity index (χ3n) is 2.70. The summed E-state index contributed by atoms with van der Waals surface area (Å²) in [5, 5.41) is 0. The van der Waals surface area contributed by atoms with Crippen molar-refractivity contribution in [3.8, 4) is 0 Å². The summed E-state index contributed by atoms with van der Waals surface area (Å²) in [6, 6.07) is 0. The molecule has 92 valence electrons. The Morgan fingerprint density at radius 2 is 1.47 bits per heavy atom. The van der Waals surface area contributed by atoms with Gasteiger partial charge >= 0.3 is 0 Å². The van der Waals surface area contributed by atoms with E-state index in [-0.39, 0.29) is 0 Å². The van der Waals surface area contributed by atoms with Crippen molar-refractivity contribution in [2.75, 3.05) is 45.8 Å². The average molecular weight is 215 g/mol. The minimum absolute atomic E-state index is 0.730. The maximum absolute atomic E-state index is 5.62. The van der Waals surface area contributed by atoms with Gasteiger partial charge in [0, 0.05) is 32.7 Å². The predicted octanol–water partition coefficient (Wildman–Crippen LogP) is 1.24. The van der Waals surface area contributed by atoms with E-state index in [1.807, 2.05) is 0 Å². The monoisotopic (exact) mass is 215 g/mol. The standard InChI is InChI=1S/C12H29N3/c1-5-14(6-2)9-10-15(8-7-13)11-12(3)4/h12H,5-11,13H2,1-4H3. The van der Waals surface area contributed by atoms with Gasteiger partial charge in [0.2, 0.25) is 0 Å². The molecule has 0 atom stereocenters. The lowest BCUT2D eigenvalue weighted by atomic mass is 10.2. The van der Waals surface area contributed by atoms with Crippen molar-refractivity contribution in [3.63, 3.8) is 0 Å². The molecule has 0 aliphatic heterocycles. The normalized spacial score (nSPS) is 12.0. The Morgan fingerprint density at radius 1 is 0.933 bits per heavy atom. The van der Waals surface area contributed by atoms with Crippen LogP contribution in [-0.2, 0) is 0 Å². The Hall–Kier alpha value is -0.120. The van der Waals surface area contributed by atoms with Gasteiger partial charge in [-0.05, 0) is 19.0 Å². The fourth-order valence-electron chi connectivity index (χ4n) is 1.82. The lowest BCUT2D eigenvalue weighted by molar-refractivity contribution is 0.202. The van der Waals surface area contributed by atoms with E-state index in [2.05, 4.69) is 37.5 Å². The fourth-order valence-corrected chi connectivity index (χ4v) is 1.82. The van der Waals surface area contributed by atoms with Crippen LogP contribution in [0.4, 0.5) is 0 Å². The molecule has 0 bridgehead atoms. The van der Waals surface area contributed by atoms with E-state index >= 15 is 0 Å². The van der Waals surface area contributed by atoms with Gasteiger partial charge in [0.25, 0.3) is 0 Å². The van der Waals surface area contributed by atoms with E-state index in [9.17, 15) is 0 Å². The van der Waals surface area contributed by atoms with E-state index in [0.717, 1.165) is 38.6 Å². The number of nitrogens with zero attached hydrogens (tertiary/aromatic N) is 2. The number of nitrogens with two attached hydrogens (primary N) is 1. The summed E-state index contributed by atoms with van der Waals surface area (Å²) < 4.78 is 0. The van der Waals surface area contributed by atoms with Crippen LogP contribution in [0.2, 0.25) is 0 Å². The van der Waals surface area contributed by atoms with Crippen LogP contribution in [0.1, 0.15) is 27.7 Å². The zero-order valence-electron chi connectivity index (χ0n) is 11.0. The van der Waals surface area contributed by atoms with E-state index in [0.29, 0.717) is 0 Å². The zero-order valence-corrected chi connectivity index (χ0v) is 11.0. The van der Waals surface area contributed by atoms with Gasteiger partial charge in [0.05, 0.1) is 0 Å². The molecule has 2 N–H and O–H groups in total. The molecule has 0 aromatic heterocycles. The van der Waals surface area contributed by atoms with E-state index < -0.39 is 0 Å². The van der Waals surface area contributed by atoms with Crippen LogP contribution in [-0.4, -0.2) is 55.6 Å². The second-order valence-electron chi connectivity index (χ2n) is 4.51. The highest BCUT2D eigenvalue weighted by atomic mass is 15.2. The molecule has 15 heavy (non-hydrogen) atoms. The first-order valence-electron chi connectivity index (χ1n) is 6.28. The van der Waals surface area contributed by atoms with Crippen molar-refractivity contribution in [2.45, 2.75) is 27.7 Å². The van der Waals surface area contributed by atoms with Crippen LogP contribution < -0.4 is 5.73 Å². The zero-order chi connectivity index (χ0) is 11.7. The molecule has 0 fully saturated rings. The Kier molecular flexibility index (Phi) is 9.06. The van der Waals surface area contributed by atoms with Crippen LogP contribution in [0.5, 0.6) is 0 Å². The van der Waals surface area contributed by atoms with Crippen LogP contribution in [0.3, 0.4) is 0 Å². The van der Waals surface area contributed by atoms with Gasteiger partial charge < -0.3 is 15.5 Å². The van der Waals surface area contributed by atoms with Crippen LogP contribution in [0.25, 0.3) is 0 Å². The Morgan fingerprint density at radius 3 is 1.87 bits per heavy atom. The Labute approximate surface area is 95.6 Å². The van der Waals surface area contributed by atoms with E-state index in [4.69, 9.17) is 5.73 Å². The first-order valence-corrected chi connectivity index (χ1v) is 6.28. The summed E-state index contributed by atoms with van der Waals surface area (Å²) >= 11 is 0. The van der Waals surface area contributed by atoms with Crippen LogP contribution in [0, 0.1) is 5.92 Å². The average Bonchev–Trinajstić information content (AvgIpc) is 2.18. The van der Waals surface area contributed by atoms with E-state index in [1.54, 1.807) is 0 Å². The van der Waals surface area contributed by atoms with Gasteiger partial charge in [-0.2, -0.15) is 0 Å². The maximum Gasteiger partial charge on any atom is 0.0110 e. The van der Waals surface area contributed by atoms with Crippen LogP contribution in [0.15, 0.2) is 0 Å². The Balaban J connectivity index is 3.82.